The molecule has 2 aliphatic heterocycles. The standard InChI is InChI=1S/C20H35N3O2/c24-19(21-10-15-22-11-4-5-12-22)16-17-8-13-23(14-9-17)20(25)18-6-2-1-3-7-18/h17-18H,1-16H2,(H,21,24). The van der Waals surface area contributed by atoms with Gasteiger partial charge in [-0.15, -0.1) is 0 Å². The molecule has 0 aromatic carbocycles. The first kappa shape index (κ1) is 18.7. The Bertz CT molecular complexity index is 434. The second-order valence-corrected chi connectivity index (χ2v) is 8.21. The lowest BCUT2D eigenvalue weighted by molar-refractivity contribution is -0.138. The summed E-state index contributed by atoms with van der Waals surface area (Å²) in [5.74, 6) is 1.30. The third-order valence-electron chi connectivity index (χ3n) is 6.30. The summed E-state index contributed by atoms with van der Waals surface area (Å²) in [7, 11) is 0. The van der Waals surface area contributed by atoms with Gasteiger partial charge < -0.3 is 15.1 Å². The number of nitrogens with one attached hydrogen (secondary N) is 1. The first-order valence-electron chi connectivity index (χ1n) is 10.5. The van der Waals surface area contributed by atoms with Crippen LogP contribution < -0.4 is 5.32 Å². The van der Waals surface area contributed by atoms with Crippen LogP contribution in [0.2, 0.25) is 0 Å². The smallest absolute Gasteiger partial charge is 0.225 e. The van der Waals surface area contributed by atoms with E-state index in [1.807, 2.05) is 0 Å². The fourth-order valence-corrected chi connectivity index (χ4v) is 4.66. The van der Waals surface area contributed by atoms with E-state index < -0.39 is 0 Å². The summed E-state index contributed by atoms with van der Waals surface area (Å²) in [6, 6.07) is 0. The molecule has 2 saturated heterocycles. The zero-order valence-electron chi connectivity index (χ0n) is 15.7. The number of piperidine rings is 1. The Balaban J connectivity index is 1.30. The van der Waals surface area contributed by atoms with E-state index in [1.165, 1.54) is 45.2 Å². The van der Waals surface area contributed by atoms with E-state index in [-0.39, 0.29) is 11.8 Å². The van der Waals surface area contributed by atoms with E-state index in [9.17, 15) is 9.59 Å². The molecule has 0 radical (unpaired) electrons. The third kappa shape index (κ3) is 5.70. The summed E-state index contributed by atoms with van der Waals surface area (Å²) in [5.41, 5.74) is 0. The van der Waals surface area contributed by atoms with E-state index in [0.29, 0.717) is 18.2 Å². The van der Waals surface area contributed by atoms with Gasteiger partial charge in [-0.25, -0.2) is 0 Å². The Kier molecular flexibility index (Phi) is 7.14. The Labute approximate surface area is 152 Å². The lowest BCUT2D eigenvalue weighted by Gasteiger charge is -2.35. The predicted molar refractivity (Wildman–Crippen MR) is 99.2 cm³/mol. The van der Waals surface area contributed by atoms with Crippen LogP contribution in [0.3, 0.4) is 0 Å². The van der Waals surface area contributed by atoms with Gasteiger partial charge in [-0.2, -0.15) is 0 Å². The van der Waals surface area contributed by atoms with Gasteiger partial charge in [-0.3, -0.25) is 9.59 Å². The fourth-order valence-electron chi connectivity index (χ4n) is 4.66. The summed E-state index contributed by atoms with van der Waals surface area (Å²) in [6.07, 6.45) is 11.1. The summed E-state index contributed by atoms with van der Waals surface area (Å²) in [5, 5.41) is 3.08. The van der Waals surface area contributed by atoms with Crippen LogP contribution >= 0.6 is 0 Å². The van der Waals surface area contributed by atoms with Crippen molar-refractivity contribution < 1.29 is 9.59 Å². The van der Waals surface area contributed by atoms with Crippen LogP contribution in [0.5, 0.6) is 0 Å². The van der Waals surface area contributed by atoms with Gasteiger partial charge in [0.2, 0.25) is 11.8 Å². The molecule has 1 N–H and O–H groups in total. The van der Waals surface area contributed by atoms with Crippen molar-refractivity contribution in [3.63, 3.8) is 0 Å². The highest BCUT2D eigenvalue weighted by Crippen LogP contribution is 2.28. The second-order valence-electron chi connectivity index (χ2n) is 8.21. The summed E-state index contributed by atoms with van der Waals surface area (Å²) >= 11 is 0. The Morgan fingerprint density at radius 2 is 1.52 bits per heavy atom. The maximum atomic E-state index is 12.6. The zero-order chi connectivity index (χ0) is 17.5. The molecule has 2 heterocycles. The molecule has 0 aromatic heterocycles. The van der Waals surface area contributed by atoms with Crippen molar-refractivity contribution in [2.45, 2.75) is 64.2 Å². The van der Waals surface area contributed by atoms with E-state index in [4.69, 9.17) is 0 Å². The number of amides is 2. The molecule has 0 unspecified atom stereocenters. The van der Waals surface area contributed by atoms with Crippen LogP contribution in [0, 0.1) is 11.8 Å². The third-order valence-corrected chi connectivity index (χ3v) is 6.30. The minimum absolute atomic E-state index is 0.191. The van der Waals surface area contributed by atoms with Crippen molar-refractivity contribution in [3.05, 3.63) is 0 Å². The van der Waals surface area contributed by atoms with E-state index in [0.717, 1.165) is 51.9 Å². The second kappa shape index (κ2) is 9.56. The molecule has 1 saturated carbocycles. The minimum Gasteiger partial charge on any atom is -0.355 e. The average Bonchev–Trinajstić information content (AvgIpc) is 3.16. The molecule has 0 aromatic rings. The molecule has 1 aliphatic carbocycles. The maximum absolute atomic E-state index is 12.6. The number of rotatable bonds is 6. The SMILES string of the molecule is O=C(CC1CCN(C(=O)C2CCCCC2)CC1)NCCN1CCCC1. The lowest BCUT2D eigenvalue weighted by atomic mass is 9.87. The Morgan fingerprint density at radius 1 is 0.840 bits per heavy atom. The first-order chi connectivity index (χ1) is 12.2. The number of hydrogen-bond donors (Lipinski definition) is 1. The molecular formula is C20H35N3O2. The van der Waals surface area contributed by atoms with Gasteiger partial charge in [0.1, 0.15) is 0 Å². The highest BCUT2D eigenvalue weighted by Gasteiger charge is 2.29. The highest BCUT2D eigenvalue weighted by molar-refractivity contribution is 5.79. The molecule has 5 heteroatoms. The number of carbonyl (C=O) groups is 2. The van der Waals surface area contributed by atoms with Crippen LogP contribution in [-0.2, 0) is 9.59 Å². The molecule has 3 rings (SSSR count). The molecule has 2 amide bonds. The molecule has 3 fully saturated rings. The Hall–Kier alpha value is -1.10. The molecule has 3 aliphatic rings. The minimum atomic E-state index is 0.191. The largest absolute Gasteiger partial charge is 0.355 e. The van der Waals surface area contributed by atoms with Gasteiger partial charge in [0, 0.05) is 38.5 Å². The van der Waals surface area contributed by atoms with E-state index in [1.54, 1.807) is 0 Å². The van der Waals surface area contributed by atoms with Gasteiger partial charge in [0.05, 0.1) is 0 Å². The number of hydrogen-bond acceptors (Lipinski definition) is 3. The van der Waals surface area contributed by atoms with Crippen LogP contribution in [-0.4, -0.2) is 60.9 Å². The number of nitrogens with zero attached hydrogens (tertiary/aromatic N) is 2. The average molecular weight is 350 g/mol. The lowest BCUT2D eigenvalue weighted by Crippen LogP contribution is -2.43. The monoisotopic (exact) mass is 349 g/mol. The van der Waals surface area contributed by atoms with Crippen LogP contribution in [0.25, 0.3) is 0 Å². The topological polar surface area (TPSA) is 52.7 Å². The van der Waals surface area contributed by atoms with Crippen molar-refractivity contribution in [1.29, 1.82) is 0 Å². The predicted octanol–water partition coefficient (Wildman–Crippen LogP) is 2.41. The van der Waals surface area contributed by atoms with E-state index in [2.05, 4.69) is 15.1 Å². The summed E-state index contributed by atoms with van der Waals surface area (Å²) < 4.78 is 0. The summed E-state index contributed by atoms with van der Waals surface area (Å²) in [6.45, 7) is 5.83. The van der Waals surface area contributed by atoms with Crippen molar-refractivity contribution >= 4 is 11.8 Å². The normalized spacial score (nSPS) is 23.8. The van der Waals surface area contributed by atoms with Gasteiger partial charge in [0.25, 0.3) is 0 Å². The van der Waals surface area contributed by atoms with Gasteiger partial charge in [-0.05, 0) is 57.5 Å². The molecule has 142 valence electrons. The molecule has 0 spiro atoms. The molecule has 0 atom stereocenters. The van der Waals surface area contributed by atoms with E-state index >= 15 is 0 Å². The van der Waals surface area contributed by atoms with Crippen LogP contribution in [0.4, 0.5) is 0 Å². The summed E-state index contributed by atoms with van der Waals surface area (Å²) in [4.78, 5) is 29.2. The van der Waals surface area contributed by atoms with Crippen molar-refractivity contribution in [1.82, 2.24) is 15.1 Å². The van der Waals surface area contributed by atoms with Crippen LogP contribution in [0.15, 0.2) is 0 Å². The molecule has 5 nitrogen and oxygen atoms in total. The van der Waals surface area contributed by atoms with Crippen LogP contribution in [0.1, 0.15) is 64.2 Å². The fraction of sp³-hybridized carbons (Fsp3) is 0.900. The first-order valence-corrected chi connectivity index (χ1v) is 10.5. The number of carbonyl (C=O) groups excluding carboxylic acids is 2. The quantitative estimate of drug-likeness (QED) is 0.801. The van der Waals surface area contributed by atoms with Crippen molar-refractivity contribution in [3.8, 4) is 0 Å². The Morgan fingerprint density at radius 3 is 2.20 bits per heavy atom. The van der Waals surface area contributed by atoms with Gasteiger partial charge >= 0.3 is 0 Å². The van der Waals surface area contributed by atoms with Crippen molar-refractivity contribution in [2.75, 3.05) is 39.3 Å². The maximum Gasteiger partial charge on any atom is 0.225 e. The van der Waals surface area contributed by atoms with Gasteiger partial charge in [0.15, 0.2) is 0 Å². The van der Waals surface area contributed by atoms with Crippen molar-refractivity contribution in [2.24, 2.45) is 11.8 Å². The zero-order valence-corrected chi connectivity index (χ0v) is 15.7. The highest BCUT2D eigenvalue weighted by atomic mass is 16.2. The number of likely N-dealkylation sites (tertiary alicyclic amines) is 2. The molecule has 25 heavy (non-hydrogen) atoms. The van der Waals surface area contributed by atoms with Gasteiger partial charge in [-0.1, -0.05) is 19.3 Å². The molecule has 0 bridgehead atoms. The molecular weight excluding hydrogens is 314 g/mol.